The number of nitrogens with zero attached hydrogens (tertiary/aromatic N) is 1. The lowest BCUT2D eigenvalue weighted by Gasteiger charge is -2.09. The van der Waals surface area contributed by atoms with E-state index in [1.807, 2.05) is 12.1 Å². The summed E-state index contributed by atoms with van der Waals surface area (Å²) in [5, 5.41) is 15.9. The maximum absolute atomic E-state index is 12.0. The van der Waals surface area contributed by atoms with Gasteiger partial charge in [0.15, 0.2) is 0 Å². The molecule has 152 valence electrons. The van der Waals surface area contributed by atoms with E-state index in [-0.39, 0.29) is 12.2 Å². The number of hydrogen-bond donors (Lipinski definition) is 3. The SMILES string of the molecule is O=C(N/N=C/c1ccccc1OCc1ccc(C(=O)O)cc1)Nc1ccccc1Cl. The largest absolute Gasteiger partial charge is 0.488 e. The molecule has 0 aromatic heterocycles. The van der Waals surface area contributed by atoms with Gasteiger partial charge in [0.2, 0.25) is 0 Å². The van der Waals surface area contributed by atoms with Crippen molar-refractivity contribution < 1.29 is 19.4 Å². The van der Waals surface area contributed by atoms with Gasteiger partial charge in [-0.05, 0) is 42.0 Å². The maximum Gasteiger partial charge on any atom is 0.339 e. The number of carbonyl (C=O) groups excluding carboxylic acids is 1. The molecule has 0 aliphatic carbocycles. The molecule has 0 atom stereocenters. The third-order valence-corrected chi connectivity index (χ3v) is 4.34. The Labute approximate surface area is 178 Å². The summed E-state index contributed by atoms with van der Waals surface area (Å²) in [6, 6.07) is 20.0. The van der Waals surface area contributed by atoms with Gasteiger partial charge in [-0.1, -0.05) is 48.0 Å². The highest BCUT2D eigenvalue weighted by Crippen LogP contribution is 2.20. The van der Waals surface area contributed by atoms with Crippen molar-refractivity contribution in [2.75, 3.05) is 5.32 Å². The predicted molar refractivity (Wildman–Crippen MR) is 115 cm³/mol. The Morgan fingerprint density at radius 1 is 1.00 bits per heavy atom. The molecular weight excluding hydrogens is 406 g/mol. The molecule has 0 saturated carbocycles. The predicted octanol–water partition coefficient (Wildman–Crippen LogP) is 4.77. The summed E-state index contributed by atoms with van der Waals surface area (Å²) >= 11 is 6.00. The van der Waals surface area contributed by atoms with Gasteiger partial charge in [0, 0.05) is 5.56 Å². The molecule has 0 spiro atoms. The van der Waals surface area contributed by atoms with Gasteiger partial charge < -0.3 is 15.2 Å². The fourth-order valence-corrected chi connectivity index (χ4v) is 2.68. The molecule has 3 aromatic rings. The van der Waals surface area contributed by atoms with Crippen LogP contribution in [0.2, 0.25) is 5.02 Å². The van der Waals surface area contributed by atoms with Crippen LogP contribution >= 0.6 is 11.6 Å². The number of hydrazone groups is 1. The van der Waals surface area contributed by atoms with E-state index in [4.69, 9.17) is 21.4 Å². The van der Waals surface area contributed by atoms with Crippen molar-refractivity contribution in [3.05, 3.63) is 94.5 Å². The zero-order valence-corrected chi connectivity index (χ0v) is 16.5. The highest BCUT2D eigenvalue weighted by atomic mass is 35.5. The van der Waals surface area contributed by atoms with Crippen LogP contribution in [0.1, 0.15) is 21.5 Å². The number of urea groups is 1. The highest BCUT2D eigenvalue weighted by molar-refractivity contribution is 6.33. The molecule has 0 radical (unpaired) electrons. The summed E-state index contributed by atoms with van der Waals surface area (Å²) in [6.45, 7) is 0.255. The maximum atomic E-state index is 12.0. The molecule has 2 amide bonds. The quantitative estimate of drug-likeness (QED) is 0.376. The average molecular weight is 424 g/mol. The Kier molecular flexibility index (Phi) is 7.02. The Morgan fingerprint density at radius 3 is 2.43 bits per heavy atom. The Balaban J connectivity index is 1.58. The Hall–Kier alpha value is -3.84. The molecule has 3 aromatic carbocycles. The number of nitrogens with one attached hydrogen (secondary N) is 2. The molecule has 3 N–H and O–H groups in total. The first kappa shape index (κ1) is 20.9. The third kappa shape index (κ3) is 5.83. The number of carbonyl (C=O) groups is 2. The molecule has 0 saturated heterocycles. The molecule has 30 heavy (non-hydrogen) atoms. The van der Waals surface area contributed by atoms with Crippen molar-refractivity contribution in [2.45, 2.75) is 6.61 Å². The molecule has 7 nitrogen and oxygen atoms in total. The van der Waals surface area contributed by atoms with Crippen LogP contribution in [0.5, 0.6) is 5.75 Å². The summed E-state index contributed by atoms with van der Waals surface area (Å²) in [5.74, 6) is -0.410. The standard InChI is InChI=1S/C22H18ClN3O4/c23-18-6-2-3-7-19(18)25-22(29)26-24-13-17-5-1-4-8-20(17)30-14-15-9-11-16(12-10-15)21(27)28/h1-13H,14H2,(H,27,28)(H2,25,26,29)/b24-13+. The van der Waals surface area contributed by atoms with Crippen LogP contribution < -0.4 is 15.5 Å². The van der Waals surface area contributed by atoms with Crippen LogP contribution in [-0.4, -0.2) is 23.3 Å². The summed E-state index contributed by atoms with van der Waals surface area (Å²) in [6.07, 6.45) is 1.47. The number of anilines is 1. The Bertz CT molecular complexity index is 1070. The second kappa shape index (κ2) is 10.1. The summed E-state index contributed by atoms with van der Waals surface area (Å²) in [7, 11) is 0. The van der Waals surface area contributed by atoms with Crippen molar-refractivity contribution in [1.29, 1.82) is 0 Å². The fourth-order valence-electron chi connectivity index (χ4n) is 2.50. The van der Waals surface area contributed by atoms with Gasteiger partial charge in [-0.2, -0.15) is 5.10 Å². The van der Waals surface area contributed by atoms with E-state index in [1.165, 1.54) is 18.3 Å². The second-order valence-electron chi connectivity index (χ2n) is 6.13. The summed E-state index contributed by atoms with van der Waals surface area (Å²) in [4.78, 5) is 22.9. The minimum atomic E-state index is -0.977. The van der Waals surface area contributed by atoms with E-state index in [0.717, 1.165) is 5.56 Å². The zero-order chi connectivity index (χ0) is 21.3. The molecule has 0 aliphatic rings. The minimum Gasteiger partial charge on any atom is -0.488 e. The number of carboxylic acids is 1. The van der Waals surface area contributed by atoms with Crippen LogP contribution in [0.25, 0.3) is 0 Å². The molecule has 0 heterocycles. The van der Waals surface area contributed by atoms with Gasteiger partial charge in [-0.15, -0.1) is 0 Å². The first-order chi connectivity index (χ1) is 14.5. The number of carboxylic acid groups (broad SMARTS) is 1. The smallest absolute Gasteiger partial charge is 0.339 e. The molecule has 3 rings (SSSR count). The molecule has 8 heteroatoms. The first-order valence-electron chi connectivity index (χ1n) is 8.91. The normalized spacial score (nSPS) is 10.6. The molecule has 0 bridgehead atoms. The van der Waals surface area contributed by atoms with Gasteiger partial charge >= 0.3 is 12.0 Å². The number of rotatable bonds is 7. The molecule has 0 unspecified atom stereocenters. The van der Waals surface area contributed by atoms with E-state index < -0.39 is 12.0 Å². The molecule has 0 aliphatic heterocycles. The number of amides is 2. The number of para-hydroxylation sites is 2. The van der Waals surface area contributed by atoms with E-state index >= 15 is 0 Å². The number of hydrogen-bond acceptors (Lipinski definition) is 4. The average Bonchev–Trinajstić information content (AvgIpc) is 2.75. The third-order valence-electron chi connectivity index (χ3n) is 4.01. The van der Waals surface area contributed by atoms with Gasteiger partial charge in [-0.3, -0.25) is 0 Å². The highest BCUT2D eigenvalue weighted by Gasteiger charge is 2.06. The zero-order valence-electron chi connectivity index (χ0n) is 15.7. The van der Waals surface area contributed by atoms with Crippen LogP contribution in [0.4, 0.5) is 10.5 Å². The fraction of sp³-hybridized carbons (Fsp3) is 0.0455. The van der Waals surface area contributed by atoms with Gasteiger partial charge in [0.1, 0.15) is 12.4 Å². The number of ether oxygens (including phenoxy) is 1. The van der Waals surface area contributed by atoms with Crippen molar-refractivity contribution >= 4 is 35.5 Å². The van der Waals surface area contributed by atoms with Crippen LogP contribution in [-0.2, 0) is 6.61 Å². The molecular formula is C22H18ClN3O4. The first-order valence-corrected chi connectivity index (χ1v) is 9.29. The summed E-state index contributed by atoms with van der Waals surface area (Å²) in [5.41, 5.74) is 4.55. The summed E-state index contributed by atoms with van der Waals surface area (Å²) < 4.78 is 5.81. The van der Waals surface area contributed by atoms with Gasteiger partial charge in [0.05, 0.1) is 22.5 Å². The van der Waals surface area contributed by atoms with E-state index in [2.05, 4.69) is 15.8 Å². The topological polar surface area (TPSA) is 100 Å². The van der Waals surface area contributed by atoms with Gasteiger partial charge in [0.25, 0.3) is 0 Å². The Morgan fingerprint density at radius 2 is 1.70 bits per heavy atom. The lowest BCUT2D eigenvalue weighted by atomic mass is 10.1. The number of aromatic carboxylic acids is 1. The van der Waals surface area contributed by atoms with Gasteiger partial charge in [-0.25, -0.2) is 15.0 Å². The minimum absolute atomic E-state index is 0.215. The second-order valence-corrected chi connectivity index (χ2v) is 6.54. The molecule has 0 fully saturated rings. The van der Waals surface area contributed by atoms with Crippen LogP contribution in [0, 0.1) is 0 Å². The monoisotopic (exact) mass is 423 g/mol. The van der Waals surface area contributed by atoms with Crippen molar-refractivity contribution in [1.82, 2.24) is 5.43 Å². The lowest BCUT2D eigenvalue weighted by molar-refractivity contribution is 0.0697. The lowest BCUT2D eigenvalue weighted by Crippen LogP contribution is -2.24. The van der Waals surface area contributed by atoms with Crippen LogP contribution in [0.15, 0.2) is 77.9 Å². The number of benzene rings is 3. The van der Waals surface area contributed by atoms with Crippen molar-refractivity contribution in [3.8, 4) is 5.75 Å². The van der Waals surface area contributed by atoms with Crippen molar-refractivity contribution in [2.24, 2.45) is 5.10 Å². The van der Waals surface area contributed by atoms with Crippen molar-refractivity contribution in [3.63, 3.8) is 0 Å². The van der Waals surface area contributed by atoms with Crippen LogP contribution in [0.3, 0.4) is 0 Å². The van der Waals surface area contributed by atoms with E-state index in [0.29, 0.717) is 22.0 Å². The van der Waals surface area contributed by atoms with E-state index in [1.54, 1.807) is 48.5 Å². The number of halogens is 1. The van der Waals surface area contributed by atoms with E-state index in [9.17, 15) is 9.59 Å².